The minimum Gasteiger partial charge on any atom is -0.502 e. The maximum absolute atomic E-state index is 9.93. The zero-order valence-electron chi connectivity index (χ0n) is 12.7. The number of hydrogen-bond donors (Lipinski definition) is 2. The first kappa shape index (κ1) is 15.2. The van der Waals surface area contributed by atoms with Gasteiger partial charge in [-0.05, 0) is 12.1 Å². The van der Waals surface area contributed by atoms with Gasteiger partial charge < -0.3 is 19.5 Å². The van der Waals surface area contributed by atoms with E-state index in [-0.39, 0.29) is 5.75 Å². The molecule has 1 unspecified atom stereocenters. The molecule has 0 aliphatic rings. The highest BCUT2D eigenvalue weighted by Crippen LogP contribution is 2.36. The lowest BCUT2D eigenvalue weighted by Crippen LogP contribution is -3.06. The average molecular weight is 288 g/mol. The van der Waals surface area contributed by atoms with Gasteiger partial charge >= 0.3 is 0 Å². The molecule has 1 atom stereocenters. The Balaban J connectivity index is 2.11. The maximum atomic E-state index is 9.93. The van der Waals surface area contributed by atoms with Crippen molar-refractivity contribution >= 4 is 0 Å². The second-order valence-corrected chi connectivity index (χ2v) is 5.15. The van der Waals surface area contributed by atoms with E-state index in [4.69, 9.17) is 9.47 Å². The lowest BCUT2D eigenvalue weighted by molar-refractivity contribution is -0.907. The van der Waals surface area contributed by atoms with Crippen molar-refractivity contribution < 1.29 is 19.5 Å². The van der Waals surface area contributed by atoms with Crippen LogP contribution in [0.5, 0.6) is 17.2 Å². The quantitative estimate of drug-likeness (QED) is 0.849. The van der Waals surface area contributed by atoms with Crippen LogP contribution in [0.15, 0.2) is 42.5 Å². The first-order chi connectivity index (χ1) is 10.1. The second kappa shape index (κ2) is 6.99. The molecular formula is C17H22NO3+. The molecule has 0 aliphatic heterocycles. The number of benzene rings is 2. The van der Waals surface area contributed by atoms with E-state index in [1.54, 1.807) is 14.2 Å². The highest BCUT2D eigenvalue weighted by atomic mass is 16.5. The van der Waals surface area contributed by atoms with Crippen molar-refractivity contribution in [3.63, 3.8) is 0 Å². The van der Waals surface area contributed by atoms with Crippen molar-refractivity contribution in [1.82, 2.24) is 0 Å². The van der Waals surface area contributed by atoms with Gasteiger partial charge in [0.05, 0.1) is 21.3 Å². The Hall–Kier alpha value is -2.20. The Bertz CT molecular complexity index is 559. The summed E-state index contributed by atoms with van der Waals surface area (Å²) < 4.78 is 10.4. The van der Waals surface area contributed by atoms with Crippen LogP contribution in [0.4, 0.5) is 0 Å². The molecule has 112 valence electrons. The summed E-state index contributed by atoms with van der Waals surface area (Å²) in [4.78, 5) is 1.34. The number of phenolic OH excluding ortho intramolecular Hbond substituents is 1. The van der Waals surface area contributed by atoms with Crippen LogP contribution >= 0.6 is 0 Å². The molecule has 0 aliphatic carbocycles. The van der Waals surface area contributed by atoms with E-state index in [0.717, 1.165) is 18.7 Å². The molecule has 0 amide bonds. The van der Waals surface area contributed by atoms with Crippen molar-refractivity contribution in [2.45, 2.75) is 13.1 Å². The number of nitrogens with one attached hydrogen (secondary N) is 1. The lowest BCUT2D eigenvalue weighted by atomic mass is 10.1. The van der Waals surface area contributed by atoms with Gasteiger partial charge in [0.15, 0.2) is 11.5 Å². The molecule has 4 heteroatoms. The van der Waals surface area contributed by atoms with Crippen LogP contribution in [0.3, 0.4) is 0 Å². The molecule has 2 aromatic carbocycles. The summed E-state index contributed by atoms with van der Waals surface area (Å²) in [7, 11) is 5.22. The van der Waals surface area contributed by atoms with E-state index in [1.165, 1.54) is 10.5 Å². The highest BCUT2D eigenvalue weighted by molar-refractivity contribution is 5.52. The molecule has 0 saturated carbocycles. The van der Waals surface area contributed by atoms with Crippen LogP contribution in [0.1, 0.15) is 11.1 Å². The van der Waals surface area contributed by atoms with Gasteiger partial charge in [-0.15, -0.1) is 0 Å². The zero-order valence-corrected chi connectivity index (χ0v) is 12.7. The van der Waals surface area contributed by atoms with Crippen molar-refractivity contribution in [1.29, 1.82) is 0 Å². The van der Waals surface area contributed by atoms with Gasteiger partial charge in [0.25, 0.3) is 0 Å². The summed E-state index contributed by atoms with van der Waals surface area (Å²) in [5.74, 6) is 0.929. The van der Waals surface area contributed by atoms with E-state index in [0.29, 0.717) is 11.5 Å². The third-order valence-corrected chi connectivity index (χ3v) is 3.39. The predicted octanol–water partition coefficient (Wildman–Crippen LogP) is 1.62. The maximum Gasteiger partial charge on any atom is 0.200 e. The molecule has 2 N–H and O–H groups in total. The second-order valence-electron chi connectivity index (χ2n) is 5.15. The van der Waals surface area contributed by atoms with Crippen molar-refractivity contribution in [2.24, 2.45) is 0 Å². The molecule has 0 radical (unpaired) electrons. The van der Waals surface area contributed by atoms with Crippen LogP contribution in [0.2, 0.25) is 0 Å². The molecule has 21 heavy (non-hydrogen) atoms. The smallest absolute Gasteiger partial charge is 0.200 e. The molecule has 0 spiro atoms. The normalized spacial score (nSPS) is 12.0. The molecule has 0 bridgehead atoms. The first-order valence-corrected chi connectivity index (χ1v) is 6.93. The van der Waals surface area contributed by atoms with Crippen LogP contribution in [0.25, 0.3) is 0 Å². The molecule has 2 rings (SSSR count). The summed E-state index contributed by atoms with van der Waals surface area (Å²) in [5, 5.41) is 9.93. The van der Waals surface area contributed by atoms with Crippen molar-refractivity contribution in [2.75, 3.05) is 21.3 Å². The van der Waals surface area contributed by atoms with Crippen molar-refractivity contribution in [3.8, 4) is 17.2 Å². The van der Waals surface area contributed by atoms with Crippen LogP contribution < -0.4 is 14.4 Å². The molecular weight excluding hydrogens is 266 g/mol. The van der Waals surface area contributed by atoms with Crippen LogP contribution in [-0.4, -0.2) is 26.4 Å². The molecule has 4 nitrogen and oxygen atoms in total. The average Bonchev–Trinajstić information content (AvgIpc) is 2.49. The van der Waals surface area contributed by atoms with Gasteiger partial charge in [0, 0.05) is 11.1 Å². The third-order valence-electron chi connectivity index (χ3n) is 3.39. The van der Waals surface area contributed by atoms with E-state index in [9.17, 15) is 5.11 Å². The SMILES string of the molecule is COc1cc(C[NH+](C)Cc2ccccc2)cc(OC)c1O. The van der Waals surface area contributed by atoms with Gasteiger partial charge in [-0.1, -0.05) is 30.3 Å². The van der Waals surface area contributed by atoms with Gasteiger partial charge in [-0.2, -0.15) is 0 Å². The minimum absolute atomic E-state index is 0.0458. The van der Waals surface area contributed by atoms with E-state index >= 15 is 0 Å². The number of quaternary nitrogens is 1. The number of rotatable bonds is 6. The summed E-state index contributed by atoms with van der Waals surface area (Å²) in [6, 6.07) is 14.1. The summed E-state index contributed by atoms with van der Waals surface area (Å²) >= 11 is 0. The molecule has 2 aromatic rings. The van der Waals surface area contributed by atoms with E-state index in [2.05, 4.69) is 31.3 Å². The zero-order chi connectivity index (χ0) is 15.2. The number of hydrogen-bond acceptors (Lipinski definition) is 3. The third kappa shape index (κ3) is 3.89. The Morgan fingerprint density at radius 3 is 1.95 bits per heavy atom. The lowest BCUT2D eigenvalue weighted by Gasteiger charge is -2.16. The Kier molecular flexibility index (Phi) is 5.06. The fourth-order valence-electron chi connectivity index (χ4n) is 2.41. The summed E-state index contributed by atoms with van der Waals surface area (Å²) in [5.41, 5.74) is 2.36. The van der Waals surface area contributed by atoms with Crippen LogP contribution in [0, 0.1) is 0 Å². The molecule has 0 aromatic heterocycles. The standard InChI is InChI=1S/C17H21NO3/c1-18(11-13-7-5-4-6-8-13)12-14-9-15(20-2)17(19)16(10-14)21-3/h4-10,19H,11-12H2,1-3H3/p+1. The topological polar surface area (TPSA) is 43.1 Å². The highest BCUT2D eigenvalue weighted by Gasteiger charge is 2.13. The summed E-state index contributed by atoms with van der Waals surface area (Å²) in [6.45, 7) is 1.76. The Morgan fingerprint density at radius 1 is 0.905 bits per heavy atom. The fourth-order valence-corrected chi connectivity index (χ4v) is 2.41. The largest absolute Gasteiger partial charge is 0.502 e. The summed E-state index contributed by atoms with van der Waals surface area (Å²) in [6.07, 6.45) is 0. The Morgan fingerprint density at radius 2 is 1.43 bits per heavy atom. The number of aromatic hydroxyl groups is 1. The minimum atomic E-state index is 0.0458. The predicted molar refractivity (Wildman–Crippen MR) is 81.9 cm³/mol. The molecule has 0 fully saturated rings. The van der Waals surface area contributed by atoms with Gasteiger partial charge in [-0.3, -0.25) is 0 Å². The van der Waals surface area contributed by atoms with Crippen molar-refractivity contribution in [3.05, 3.63) is 53.6 Å². The van der Waals surface area contributed by atoms with Gasteiger partial charge in [-0.25, -0.2) is 0 Å². The van der Waals surface area contributed by atoms with Gasteiger partial charge in [0.1, 0.15) is 13.1 Å². The number of ether oxygens (including phenoxy) is 2. The number of methoxy groups -OCH3 is 2. The molecule has 0 saturated heterocycles. The van der Waals surface area contributed by atoms with E-state index < -0.39 is 0 Å². The first-order valence-electron chi connectivity index (χ1n) is 6.93. The monoisotopic (exact) mass is 288 g/mol. The fraction of sp³-hybridized carbons (Fsp3) is 0.294. The van der Waals surface area contributed by atoms with Gasteiger partial charge in [0.2, 0.25) is 5.75 Å². The van der Waals surface area contributed by atoms with E-state index in [1.807, 2.05) is 18.2 Å². The number of phenols is 1. The molecule has 0 heterocycles. The Labute approximate surface area is 125 Å². The van der Waals surface area contributed by atoms with Crippen LogP contribution in [-0.2, 0) is 13.1 Å².